The Morgan fingerprint density at radius 3 is 1.70 bits per heavy atom. The lowest BCUT2D eigenvalue weighted by molar-refractivity contribution is -0.149. The number of rotatable bonds is 24. The van der Waals surface area contributed by atoms with Crippen molar-refractivity contribution in [3.05, 3.63) is 108 Å². The van der Waals surface area contributed by atoms with Gasteiger partial charge in [-0.05, 0) is 130 Å². The standard InChI is InChI=1S/C90H127FN20O20/c1-7-9-23-69-82(123)100-62(39-50(3)4)78(119)96-36-17-21-58(94)77(118)102-64(40-51-28-30-54(91)31-29-51)88(129)109-37-16-15-26-70(109)83(124)104-66(44-74(95)113)89(130)110-38-18-27-71(110)84(125)105-67(45-93)81(122)99-61(32-33-75(114)115)87(128)111-48-55(112)43-73(111)85(126)101-63(41-52-46-97-59-22-13-11-19-56(52)59)80(121)98-60(34-35-92)79(120)103-65(86(127)107(6)72(24-10-8-2)90(131)106(69)5)42-53-47-108(49-76(116)117)68-25-14-12-20-57(53)68/h11-14,19-20,22,25,28-31,46-47,50,55,58,60-67,69-73,97,112H,7-10,15-18,21,23-24,26-27,32-45,48-49,92-94H2,1-6H3,(H2,95,113)(H,96,119)(H,98,121)(H,99,122)(H,100,123)(H,101,126)(H,102,118)(H,103,120)(H,104,124)(H,105,125)(H,114,115)(H,116,117)/t55-,58+,60+,61+,62+,63+,64+,65+,66+,67+,69+,70+,71+,72+,73+/m1/s1. The summed E-state index contributed by atoms with van der Waals surface area (Å²) >= 11 is 0. The van der Waals surface area contributed by atoms with Gasteiger partial charge in [-0.2, -0.15) is 0 Å². The molecule has 0 aliphatic carbocycles. The van der Waals surface area contributed by atoms with Crippen molar-refractivity contribution < 1.29 is 101 Å². The normalized spacial score (nSPS) is 25.8. The van der Waals surface area contributed by atoms with E-state index in [9.17, 15) is 62.9 Å². The fourth-order valence-corrected chi connectivity index (χ4v) is 17.5. The van der Waals surface area contributed by atoms with Crippen LogP contribution in [0.4, 0.5) is 4.39 Å². The van der Waals surface area contributed by atoms with E-state index >= 15 is 38.4 Å². The van der Waals surface area contributed by atoms with Gasteiger partial charge < -0.3 is 120 Å². The second-order valence-electron chi connectivity index (χ2n) is 34.7. The van der Waals surface area contributed by atoms with Gasteiger partial charge in [0.1, 0.15) is 90.9 Å². The number of H-pyrrole nitrogens is 1. The molecule has 0 radical (unpaired) electrons. The van der Waals surface area contributed by atoms with Crippen molar-refractivity contribution in [2.24, 2.45) is 28.9 Å². The molecule has 2 aromatic heterocycles. The van der Waals surface area contributed by atoms with Crippen LogP contribution < -0.4 is 70.8 Å². The number of carbonyl (C=O) groups is 17. The summed E-state index contributed by atoms with van der Waals surface area (Å²) in [6.07, 6.45) is 0.553. The highest BCUT2D eigenvalue weighted by molar-refractivity contribution is 6.02. The number of unbranched alkanes of at least 4 members (excludes halogenated alkanes) is 2. The summed E-state index contributed by atoms with van der Waals surface area (Å²) in [5.41, 5.74) is 26.9. The zero-order chi connectivity index (χ0) is 95.6. The van der Waals surface area contributed by atoms with Crippen LogP contribution in [0.2, 0.25) is 0 Å². The molecule has 4 saturated heterocycles. The molecule has 0 spiro atoms. The summed E-state index contributed by atoms with van der Waals surface area (Å²) in [4.78, 5) is 256. The van der Waals surface area contributed by atoms with Crippen molar-refractivity contribution >= 4 is 122 Å². The monoisotopic (exact) mass is 1830 g/mol. The quantitative estimate of drug-likeness (QED) is 0.0350. The number of amides is 15. The SMILES string of the molecule is CCCC[C@H]1C(=O)N(C)[C@@H](CCCC)C(=O)N[C@@H](CC(C)C)C(=O)NCCC[C@H](N)C(=O)N[C@@H](Cc2ccc(F)cc2)C(=O)N2CCCC[C@H]2C(=O)N[C@@H](CC(N)=O)C(=O)N2CCC[C@H]2C(=O)N[C@@H](CN)C(=O)N[C@@H](CCC(=O)O)C(=O)N2C[C@H](O)C[C@H]2C(=O)N[C@@H](Cc2c[nH]c3ccccc23)C(=O)N[C@@H](CCN)C(=O)N[C@@H](Cc2cn(CC(=O)O)c3ccccc23)C(=O)N1C. The van der Waals surface area contributed by atoms with Crippen LogP contribution in [0.25, 0.3) is 21.8 Å². The van der Waals surface area contributed by atoms with E-state index in [1.54, 1.807) is 54.7 Å². The lowest BCUT2D eigenvalue weighted by Crippen LogP contribution is -2.62. The van der Waals surface area contributed by atoms with Crippen LogP contribution in [0.3, 0.4) is 0 Å². The smallest absolute Gasteiger partial charge is 0.323 e. The van der Waals surface area contributed by atoms with Gasteiger partial charge in [0.05, 0.1) is 18.6 Å². The molecule has 15 amide bonds. The van der Waals surface area contributed by atoms with Crippen molar-refractivity contribution in [1.82, 2.24) is 81.9 Å². The van der Waals surface area contributed by atoms with Gasteiger partial charge in [-0.3, -0.25) is 81.5 Å². The summed E-state index contributed by atoms with van der Waals surface area (Å²) < 4.78 is 15.8. The number of aromatic amines is 1. The third kappa shape index (κ3) is 27.6. The number of nitrogens with zero attached hydrogens (tertiary/aromatic N) is 6. The van der Waals surface area contributed by atoms with Crippen LogP contribution in [0.1, 0.15) is 166 Å². The van der Waals surface area contributed by atoms with Crippen LogP contribution >= 0.6 is 0 Å². The first-order valence-electron chi connectivity index (χ1n) is 45.0. The number of carboxylic acids is 2. The lowest BCUT2D eigenvalue weighted by Gasteiger charge is -2.38. The van der Waals surface area contributed by atoms with Crippen LogP contribution in [0.5, 0.6) is 0 Å². The van der Waals surface area contributed by atoms with E-state index in [-0.39, 0.29) is 109 Å². The highest BCUT2D eigenvalue weighted by Crippen LogP contribution is 2.29. The van der Waals surface area contributed by atoms with Crippen molar-refractivity contribution in [3.8, 4) is 0 Å². The number of aliphatic hydroxyl groups excluding tert-OH is 1. The number of aromatic nitrogens is 2. The number of carboxylic acid groups (broad SMARTS) is 2. The van der Waals surface area contributed by atoms with Crippen LogP contribution in [-0.2, 0) is 107 Å². The Labute approximate surface area is 758 Å². The Balaban J connectivity index is 1.09. The van der Waals surface area contributed by atoms with E-state index in [0.717, 1.165) is 26.8 Å². The van der Waals surface area contributed by atoms with E-state index < -0.39 is 242 Å². The van der Waals surface area contributed by atoms with Gasteiger partial charge in [-0.25, -0.2) is 4.39 Å². The predicted octanol–water partition coefficient (Wildman–Crippen LogP) is -1.05. The molecule has 3 aromatic carbocycles. The molecule has 41 heteroatoms. The molecule has 131 heavy (non-hydrogen) atoms. The summed E-state index contributed by atoms with van der Waals surface area (Å²) in [6, 6.07) is -2.53. The number of primary amides is 1. The Bertz CT molecular complexity index is 4930. The molecule has 9 rings (SSSR count). The van der Waals surface area contributed by atoms with Gasteiger partial charge in [0.2, 0.25) is 88.6 Å². The van der Waals surface area contributed by atoms with E-state index in [2.05, 4.69) is 52.8 Å². The first kappa shape index (κ1) is 102. The number of carbonyl (C=O) groups excluding carboxylic acids is 15. The van der Waals surface area contributed by atoms with Gasteiger partial charge in [0, 0.05) is 113 Å². The molecule has 21 N–H and O–H groups in total. The summed E-state index contributed by atoms with van der Waals surface area (Å²) in [5, 5.41) is 56.8. The van der Waals surface area contributed by atoms with Crippen LogP contribution in [-0.4, -0.2) is 294 Å². The van der Waals surface area contributed by atoms with E-state index in [0.29, 0.717) is 77.0 Å². The van der Waals surface area contributed by atoms with Gasteiger partial charge >= 0.3 is 11.9 Å². The maximum atomic E-state index is 15.9. The van der Waals surface area contributed by atoms with E-state index in [1.165, 1.54) is 46.8 Å². The van der Waals surface area contributed by atoms with Crippen molar-refractivity contribution in [1.29, 1.82) is 0 Å². The number of aliphatic carboxylic acids is 2. The number of hydrogen-bond acceptors (Lipinski definition) is 21. The Morgan fingerprint density at radius 2 is 1.05 bits per heavy atom. The minimum atomic E-state index is -1.83. The second kappa shape index (κ2) is 48.4. The Hall–Kier alpha value is -12.5. The van der Waals surface area contributed by atoms with Gasteiger partial charge in [0.25, 0.3) is 0 Å². The van der Waals surface area contributed by atoms with Gasteiger partial charge in [0.15, 0.2) is 0 Å². The predicted molar refractivity (Wildman–Crippen MR) is 476 cm³/mol. The third-order valence-corrected chi connectivity index (χ3v) is 24.5. The Kier molecular flexibility index (Phi) is 37.8. The fraction of sp³-hybridized carbons (Fsp3) is 0.567. The van der Waals surface area contributed by atoms with E-state index in [4.69, 9.17) is 22.9 Å². The van der Waals surface area contributed by atoms with Crippen LogP contribution in [0, 0.1) is 11.7 Å². The number of likely N-dealkylation sites (N-methyl/N-ethyl adjacent to an activating group) is 2. The van der Waals surface area contributed by atoms with Crippen LogP contribution in [0.15, 0.2) is 85.2 Å². The zero-order valence-corrected chi connectivity index (χ0v) is 75.0. The minimum absolute atomic E-state index is 0.0112. The highest BCUT2D eigenvalue weighted by atomic mass is 19.1. The lowest BCUT2D eigenvalue weighted by atomic mass is 9.97. The third-order valence-electron chi connectivity index (χ3n) is 24.5. The maximum absolute atomic E-state index is 15.9. The number of fused-ring (bicyclic) bond motifs is 5. The molecule has 0 unspecified atom stereocenters. The first-order valence-corrected chi connectivity index (χ1v) is 45.0. The number of benzene rings is 3. The first-order chi connectivity index (χ1) is 62.4. The average molecular weight is 1830 g/mol. The molecule has 4 aliphatic heterocycles. The van der Waals surface area contributed by atoms with Gasteiger partial charge in [-0.15, -0.1) is 0 Å². The second-order valence-corrected chi connectivity index (χ2v) is 34.7. The number of halogens is 1. The number of aliphatic hydroxyl groups is 1. The summed E-state index contributed by atoms with van der Waals surface area (Å²) in [7, 11) is 2.76. The number of para-hydroxylation sites is 2. The molecular weight excluding hydrogens is 1700 g/mol. The highest BCUT2D eigenvalue weighted by Gasteiger charge is 2.47. The topological polar surface area (TPSA) is 600 Å². The maximum Gasteiger partial charge on any atom is 0.323 e. The minimum Gasteiger partial charge on any atom is -0.481 e. The molecule has 4 aliphatic rings. The molecule has 15 atom stereocenters. The molecule has 6 heterocycles. The van der Waals surface area contributed by atoms with E-state index in [1.807, 2.05) is 27.7 Å². The molecule has 4 fully saturated rings. The molecule has 0 saturated carbocycles. The van der Waals surface area contributed by atoms with Gasteiger partial charge in [-0.1, -0.05) is 102 Å². The largest absolute Gasteiger partial charge is 0.481 e. The molecule has 5 aromatic rings. The molecule has 0 bridgehead atoms. The van der Waals surface area contributed by atoms with Crippen molar-refractivity contribution in [3.63, 3.8) is 0 Å². The average Bonchev–Trinajstić information content (AvgIpc) is 1.66. The number of nitrogens with two attached hydrogens (primary N) is 4. The zero-order valence-electron chi connectivity index (χ0n) is 75.0. The number of hydrogen-bond donors (Lipinski definition) is 17. The number of piperidine rings is 1. The number of nitrogens with one attached hydrogen (secondary N) is 10. The van der Waals surface area contributed by atoms with Crippen molar-refractivity contribution in [2.75, 3.05) is 53.4 Å². The fourth-order valence-electron chi connectivity index (χ4n) is 17.5. The molecule has 714 valence electrons. The summed E-state index contributed by atoms with van der Waals surface area (Å²) in [6.45, 7) is 5.05. The summed E-state index contributed by atoms with van der Waals surface area (Å²) in [5.74, 6) is -17.2. The molecular formula is C90H127FN20O20. The Morgan fingerprint density at radius 1 is 0.511 bits per heavy atom. The molecule has 40 nitrogen and oxygen atoms in total. The van der Waals surface area contributed by atoms with Crippen molar-refractivity contribution in [2.45, 2.75) is 266 Å².